The molecule has 0 saturated heterocycles. The van der Waals surface area contributed by atoms with Crippen LogP contribution in [0.25, 0.3) is 0 Å². The van der Waals surface area contributed by atoms with Crippen molar-refractivity contribution >= 4 is 29.6 Å². The number of hydrogen-bond acceptors (Lipinski definition) is 1. The van der Waals surface area contributed by atoms with Gasteiger partial charge in [0.2, 0.25) is 6.41 Å². The van der Waals surface area contributed by atoms with Crippen LogP contribution in [0.5, 0.6) is 0 Å². The lowest BCUT2D eigenvalue weighted by molar-refractivity contribution is -0.109. The van der Waals surface area contributed by atoms with E-state index in [0.29, 0.717) is 13.0 Å². The molecular formula is C3H5Cl2NO. The molecule has 0 aromatic heterocycles. The first-order valence-electron chi connectivity index (χ1n) is 1.72. The van der Waals surface area contributed by atoms with Gasteiger partial charge in [-0.2, -0.15) is 0 Å². The maximum Gasteiger partial charge on any atom is 0.207 e. The minimum atomic E-state index is -0.495. The van der Waals surface area contributed by atoms with Crippen molar-refractivity contribution in [1.29, 1.82) is 0 Å². The van der Waals surface area contributed by atoms with E-state index in [0.717, 1.165) is 0 Å². The van der Waals surface area contributed by atoms with Crippen LogP contribution in [-0.4, -0.2) is 17.8 Å². The van der Waals surface area contributed by atoms with Crippen LogP contribution in [0.4, 0.5) is 0 Å². The van der Waals surface area contributed by atoms with E-state index in [1.165, 1.54) is 0 Å². The van der Waals surface area contributed by atoms with Gasteiger partial charge >= 0.3 is 0 Å². The highest BCUT2D eigenvalue weighted by Crippen LogP contribution is 1.96. The Bertz CT molecular complexity index is 56.9. The maximum absolute atomic E-state index is 9.48. The quantitative estimate of drug-likeness (QED) is 0.452. The summed E-state index contributed by atoms with van der Waals surface area (Å²) in [6, 6.07) is 0. The van der Waals surface area contributed by atoms with Crippen molar-refractivity contribution in [3.63, 3.8) is 0 Å². The third kappa shape index (κ3) is 6.05. The average Bonchev–Trinajstić information content (AvgIpc) is 1.61. The molecule has 0 aromatic rings. The Balaban J connectivity index is 2.81. The Kier molecular flexibility index (Phi) is 4.25. The lowest BCUT2D eigenvalue weighted by atomic mass is 10.7. The number of hydrogen-bond donors (Lipinski definition) is 1. The molecular weight excluding hydrogens is 137 g/mol. The molecule has 0 saturated carbocycles. The summed E-state index contributed by atoms with van der Waals surface area (Å²) in [6.07, 6.45) is 0.553. The molecule has 7 heavy (non-hydrogen) atoms. The molecule has 1 amide bonds. The van der Waals surface area contributed by atoms with Crippen molar-refractivity contribution in [2.45, 2.75) is 4.84 Å². The summed E-state index contributed by atoms with van der Waals surface area (Å²) in [5.74, 6) is 0. The Morgan fingerprint density at radius 1 is 1.71 bits per heavy atom. The van der Waals surface area contributed by atoms with Crippen molar-refractivity contribution < 1.29 is 4.79 Å². The SMILES string of the molecule is O=CNCC(Cl)Cl. The van der Waals surface area contributed by atoms with E-state index in [1.54, 1.807) is 0 Å². The second-order valence-corrected chi connectivity index (χ2v) is 2.19. The van der Waals surface area contributed by atoms with Gasteiger partial charge in [-0.25, -0.2) is 0 Å². The minimum absolute atomic E-state index is 0.312. The standard InChI is InChI=1S/C3H5Cl2NO/c4-3(5)1-6-2-7/h2-3H,1H2,(H,6,7). The van der Waals surface area contributed by atoms with Crippen molar-refractivity contribution in [3.05, 3.63) is 0 Å². The normalized spacial score (nSPS) is 9.00. The Labute approximate surface area is 51.8 Å². The fourth-order valence-electron chi connectivity index (χ4n) is 0.137. The molecule has 0 aromatic carbocycles. The number of rotatable bonds is 3. The molecule has 1 N–H and O–H groups in total. The molecule has 0 aliphatic heterocycles. The average molecular weight is 142 g/mol. The van der Waals surface area contributed by atoms with Gasteiger partial charge in [-0.15, -0.1) is 23.2 Å². The summed E-state index contributed by atoms with van der Waals surface area (Å²) in [4.78, 5) is 8.99. The number of carbonyl (C=O) groups is 1. The zero-order valence-electron chi connectivity index (χ0n) is 3.53. The predicted octanol–water partition coefficient (Wildman–Crippen LogP) is 0.536. The highest BCUT2D eigenvalue weighted by molar-refractivity contribution is 6.44. The first kappa shape index (κ1) is 7.05. The molecule has 0 unspecified atom stereocenters. The lowest BCUT2D eigenvalue weighted by Gasteiger charge is -1.94. The van der Waals surface area contributed by atoms with Crippen LogP contribution in [0.3, 0.4) is 0 Å². The van der Waals surface area contributed by atoms with E-state index in [-0.39, 0.29) is 0 Å². The zero-order valence-corrected chi connectivity index (χ0v) is 5.04. The largest absolute Gasteiger partial charge is 0.356 e. The predicted molar refractivity (Wildman–Crippen MR) is 29.6 cm³/mol. The molecule has 2 nitrogen and oxygen atoms in total. The highest BCUT2D eigenvalue weighted by Gasteiger charge is 1.92. The van der Waals surface area contributed by atoms with Crippen LogP contribution in [0.15, 0.2) is 0 Å². The van der Waals surface area contributed by atoms with Crippen molar-refractivity contribution in [2.24, 2.45) is 0 Å². The van der Waals surface area contributed by atoms with Crippen LogP contribution >= 0.6 is 23.2 Å². The summed E-state index contributed by atoms with van der Waals surface area (Å²) in [5, 5.41) is 2.30. The van der Waals surface area contributed by atoms with Crippen molar-refractivity contribution in [1.82, 2.24) is 5.32 Å². The van der Waals surface area contributed by atoms with E-state index < -0.39 is 4.84 Å². The van der Waals surface area contributed by atoms with E-state index in [9.17, 15) is 4.79 Å². The topological polar surface area (TPSA) is 29.1 Å². The molecule has 0 aliphatic carbocycles. The van der Waals surface area contributed by atoms with Crippen LogP contribution < -0.4 is 5.32 Å². The Hall–Kier alpha value is 0.0500. The zero-order chi connectivity index (χ0) is 5.70. The fraction of sp³-hybridized carbons (Fsp3) is 0.667. The minimum Gasteiger partial charge on any atom is -0.356 e. The molecule has 0 radical (unpaired) electrons. The lowest BCUT2D eigenvalue weighted by Crippen LogP contribution is -2.17. The number of alkyl halides is 2. The summed E-state index contributed by atoms with van der Waals surface area (Å²) in [6.45, 7) is 0.312. The van der Waals surface area contributed by atoms with Crippen LogP contribution in [0, 0.1) is 0 Å². The smallest absolute Gasteiger partial charge is 0.207 e. The van der Waals surface area contributed by atoms with Gasteiger partial charge in [-0.3, -0.25) is 4.79 Å². The molecule has 0 bridgehead atoms. The van der Waals surface area contributed by atoms with Gasteiger partial charge in [0.25, 0.3) is 0 Å². The third-order valence-corrected chi connectivity index (χ3v) is 0.664. The molecule has 0 spiro atoms. The van der Waals surface area contributed by atoms with E-state index >= 15 is 0 Å². The van der Waals surface area contributed by atoms with Gasteiger partial charge in [0.1, 0.15) is 4.84 Å². The molecule has 0 heterocycles. The number of halogens is 2. The van der Waals surface area contributed by atoms with Gasteiger partial charge in [0.15, 0.2) is 0 Å². The molecule has 0 aliphatic rings. The second kappa shape index (κ2) is 4.22. The van der Waals surface area contributed by atoms with E-state index in [1.807, 2.05) is 0 Å². The van der Waals surface area contributed by atoms with E-state index in [4.69, 9.17) is 23.2 Å². The fourth-order valence-corrected chi connectivity index (χ4v) is 0.315. The van der Waals surface area contributed by atoms with Gasteiger partial charge in [0.05, 0.1) is 0 Å². The van der Waals surface area contributed by atoms with E-state index in [2.05, 4.69) is 5.32 Å². The molecule has 0 rings (SSSR count). The second-order valence-electron chi connectivity index (χ2n) is 0.917. The van der Waals surface area contributed by atoms with Crippen LogP contribution in [0.1, 0.15) is 0 Å². The summed E-state index contributed by atoms with van der Waals surface area (Å²) < 4.78 is 0. The summed E-state index contributed by atoms with van der Waals surface area (Å²) >= 11 is 10.4. The number of amides is 1. The number of carbonyl (C=O) groups excluding carboxylic acids is 1. The van der Waals surface area contributed by atoms with Gasteiger partial charge in [0, 0.05) is 6.54 Å². The molecule has 4 heteroatoms. The van der Waals surface area contributed by atoms with Gasteiger partial charge in [-0.05, 0) is 0 Å². The van der Waals surface area contributed by atoms with Crippen LogP contribution in [-0.2, 0) is 4.79 Å². The van der Waals surface area contributed by atoms with Gasteiger partial charge in [-0.1, -0.05) is 0 Å². The van der Waals surface area contributed by atoms with Crippen LogP contribution in [0.2, 0.25) is 0 Å². The summed E-state index contributed by atoms with van der Waals surface area (Å²) in [5.41, 5.74) is 0. The first-order valence-corrected chi connectivity index (χ1v) is 2.60. The monoisotopic (exact) mass is 141 g/mol. The first-order chi connectivity index (χ1) is 3.27. The maximum atomic E-state index is 9.48. The van der Waals surface area contributed by atoms with Gasteiger partial charge < -0.3 is 5.32 Å². The molecule has 0 atom stereocenters. The molecule has 0 fully saturated rings. The Morgan fingerprint density at radius 2 is 2.29 bits per heavy atom. The van der Waals surface area contributed by atoms with Crippen molar-refractivity contribution in [2.75, 3.05) is 6.54 Å². The summed E-state index contributed by atoms with van der Waals surface area (Å²) in [7, 11) is 0. The van der Waals surface area contributed by atoms with Crippen molar-refractivity contribution in [3.8, 4) is 0 Å². The highest BCUT2D eigenvalue weighted by atomic mass is 35.5. The third-order valence-electron chi connectivity index (χ3n) is 0.355. The Morgan fingerprint density at radius 3 is 2.43 bits per heavy atom. The number of nitrogens with one attached hydrogen (secondary N) is 1. The molecule has 42 valence electrons.